The Kier molecular flexibility index (Phi) is 5.11. The van der Waals surface area contributed by atoms with Crippen molar-refractivity contribution in [3.8, 4) is 11.6 Å². The van der Waals surface area contributed by atoms with Crippen LogP contribution in [0.25, 0.3) is 21.8 Å². The van der Waals surface area contributed by atoms with E-state index in [0.717, 1.165) is 27.0 Å². The molecular weight excluding hydrogens is 394 g/mol. The average Bonchev–Trinajstić information content (AvgIpc) is 3.34. The predicted octanol–water partition coefficient (Wildman–Crippen LogP) is 4.40. The lowest BCUT2D eigenvalue weighted by molar-refractivity contribution is 0.489. The van der Waals surface area contributed by atoms with Gasteiger partial charge in [-0.05, 0) is 37.5 Å². The molecule has 0 bridgehead atoms. The summed E-state index contributed by atoms with van der Waals surface area (Å²) in [7, 11) is 0. The number of fused-ring (bicyclic) bond motifs is 1. The molecule has 0 aliphatic heterocycles. The third-order valence-electron chi connectivity index (χ3n) is 4.43. The molecular formula is C19H21N5O2S2. The van der Waals surface area contributed by atoms with Gasteiger partial charge in [0.05, 0.1) is 17.4 Å². The molecule has 0 radical (unpaired) electrons. The Hall–Kier alpha value is -2.39. The fourth-order valence-electron chi connectivity index (χ4n) is 3.01. The number of nitrogens with one attached hydrogen (secondary N) is 1. The van der Waals surface area contributed by atoms with Crippen molar-refractivity contribution < 1.29 is 4.42 Å². The molecule has 0 aliphatic rings. The standard InChI is InChI=1S/C19H21N5O2S2/c1-10(2)8-24-16(13-6-5-7-26-13)22-23-19(24)27-9-14-20-17(25)15-11(3)12(4)28-18(15)21-14/h5-7,10H,8-9H2,1-4H3,(H,20,21,25). The van der Waals surface area contributed by atoms with E-state index < -0.39 is 0 Å². The molecule has 0 saturated heterocycles. The first kappa shape index (κ1) is 18.9. The van der Waals surface area contributed by atoms with Gasteiger partial charge in [-0.15, -0.1) is 21.5 Å². The van der Waals surface area contributed by atoms with Crippen molar-refractivity contribution in [2.75, 3.05) is 0 Å². The van der Waals surface area contributed by atoms with Gasteiger partial charge in [0, 0.05) is 11.4 Å². The number of furan rings is 1. The topological polar surface area (TPSA) is 89.6 Å². The summed E-state index contributed by atoms with van der Waals surface area (Å²) < 4.78 is 7.56. The molecule has 0 atom stereocenters. The number of thiophene rings is 1. The first-order valence-electron chi connectivity index (χ1n) is 9.02. The van der Waals surface area contributed by atoms with E-state index in [1.807, 2.05) is 26.0 Å². The minimum Gasteiger partial charge on any atom is -0.461 e. The molecule has 1 N–H and O–H groups in total. The quantitative estimate of drug-likeness (QED) is 0.470. The second-order valence-electron chi connectivity index (χ2n) is 7.05. The van der Waals surface area contributed by atoms with E-state index >= 15 is 0 Å². The number of aromatic amines is 1. The summed E-state index contributed by atoms with van der Waals surface area (Å²) in [5.41, 5.74) is 0.926. The monoisotopic (exact) mass is 415 g/mol. The van der Waals surface area contributed by atoms with Gasteiger partial charge in [0.2, 0.25) is 0 Å². The Morgan fingerprint density at radius 3 is 2.86 bits per heavy atom. The van der Waals surface area contributed by atoms with Crippen LogP contribution in [-0.2, 0) is 12.3 Å². The van der Waals surface area contributed by atoms with Crippen molar-refractivity contribution in [2.45, 2.75) is 45.1 Å². The largest absolute Gasteiger partial charge is 0.461 e. The first-order chi connectivity index (χ1) is 13.4. The Balaban J connectivity index is 1.63. The fourth-order valence-corrected chi connectivity index (χ4v) is 4.88. The van der Waals surface area contributed by atoms with E-state index in [4.69, 9.17) is 4.42 Å². The molecule has 0 aromatic carbocycles. The van der Waals surface area contributed by atoms with Crippen molar-refractivity contribution in [1.82, 2.24) is 24.7 Å². The van der Waals surface area contributed by atoms with Gasteiger partial charge in [0.15, 0.2) is 16.7 Å². The molecule has 9 heteroatoms. The molecule has 4 aromatic heterocycles. The molecule has 146 valence electrons. The van der Waals surface area contributed by atoms with Crippen molar-refractivity contribution in [2.24, 2.45) is 5.92 Å². The summed E-state index contributed by atoms with van der Waals surface area (Å²) in [5.74, 6) is 2.98. The molecule has 0 saturated carbocycles. The smallest absolute Gasteiger partial charge is 0.259 e. The van der Waals surface area contributed by atoms with Gasteiger partial charge >= 0.3 is 0 Å². The van der Waals surface area contributed by atoms with E-state index in [1.54, 1.807) is 17.6 Å². The van der Waals surface area contributed by atoms with Crippen LogP contribution in [0.3, 0.4) is 0 Å². The highest BCUT2D eigenvalue weighted by Crippen LogP contribution is 2.29. The molecule has 4 rings (SSSR count). The molecule has 0 spiro atoms. The van der Waals surface area contributed by atoms with E-state index in [2.05, 4.69) is 38.6 Å². The van der Waals surface area contributed by atoms with Crippen molar-refractivity contribution in [1.29, 1.82) is 0 Å². The predicted molar refractivity (Wildman–Crippen MR) is 112 cm³/mol. The van der Waals surface area contributed by atoms with Crippen LogP contribution in [0.5, 0.6) is 0 Å². The van der Waals surface area contributed by atoms with Gasteiger partial charge in [-0.25, -0.2) is 4.98 Å². The minimum absolute atomic E-state index is 0.0811. The average molecular weight is 416 g/mol. The number of aryl methyl sites for hydroxylation is 2. The third kappa shape index (κ3) is 3.51. The summed E-state index contributed by atoms with van der Waals surface area (Å²) in [5, 5.41) is 10.1. The zero-order valence-corrected chi connectivity index (χ0v) is 17.8. The highest BCUT2D eigenvalue weighted by molar-refractivity contribution is 7.98. The number of aromatic nitrogens is 5. The molecule has 0 unspecified atom stereocenters. The first-order valence-corrected chi connectivity index (χ1v) is 10.8. The minimum atomic E-state index is -0.0811. The molecule has 4 heterocycles. The summed E-state index contributed by atoms with van der Waals surface area (Å²) in [6, 6.07) is 3.72. The molecule has 7 nitrogen and oxygen atoms in total. The third-order valence-corrected chi connectivity index (χ3v) is 6.51. The van der Waals surface area contributed by atoms with Crippen molar-refractivity contribution in [3.63, 3.8) is 0 Å². The van der Waals surface area contributed by atoms with Gasteiger partial charge in [0.1, 0.15) is 10.7 Å². The number of hydrogen-bond acceptors (Lipinski definition) is 7. The molecule has 28 heavy (non-hydrogen) atoms. The zero-order chi connectivity index (χ0) is 19.8. The molecule has 0 aliphatic carbocycles. The van der Waals surface area contributed by atoms with E-state index in [-0.39, 0.29) is 5.56 Å². The van der Waals surface area contributed by atoms with Crippen molar-refractivity contribution >= 4 is 33.3 Å². The number of rotatable bonds is 6. The maximum absolute atomic E-state index is 12.5. The van der Waals surface area contributed by atoms with Crippen LogP contribution >= 0.6 is 23.1 Å². The lowest BCUT2D eigenvalue weighted by atomic mass is 10.2. The maximum Gasteiger partial charge on any atom is 0.259 e. The SMILES string of the molecule is Cc1sc2nc(CSc3nnc(-c4ccco4)n3CC(C)C)[nH]c(=O)c2c1C. The molecule has 0 amide bonds. The van der Waals surface area contributed by atoms with Gasteiger partial charge in [-0.3, -0.25) is 9.36 Å². The Morgan fingerprint density at radius 2 is 2.14 bits per heavy atom. The number of hydrogen-bond donors (Lipinski definition) is 1. The highest BCUT2D eigenvalue weighted by Gasteiger charge is 2.18. The van der Waals surface area contributed by atoms with E-state index in [9.17, 15) is 4.79 Å². The van der Waals surface area contributed by atoms with Crippen LogP contribution < -0.4 is 5.56 Å². The lowest BCUT2D eigenvalue weighted by Gasteiger charge is -2.11. The summed E-state index contributed by atoms with van der Waals surface area (Å²) >= 11 is 3.06. The summed E-state index contributed by atoms with van der Waals surface area (Å²) in [6.45, 7) is 9.05. The second kappa shape index (κ2) is 7.56. The highest BCUT2D eigenvalue weighted by atomic mass is 32.2. The van der Waals surface area contributed by atoms with Crippen LogP contribution in [-0.4, -0.2) is 24.7 Å². The Morgan fingerprint density at radius 1 is 1.32 bits per heavy atom. The van der Waals surface area contributed by atoms with Crippen LogP contribution in [0.2, 0.25) is 0 Å². The number of nitrogens with zero attached hydrogens (tertiary/aromatic N) is 4. The molecule has 4 aromatic rings. The van der Waals surface area contributed by atoms with Crippen LogP contribution in [0, 0.1) is 19.8 Å². The Bertz CT molecular complexity index is 1170. The second-order valence-corrected chi connectivity index (χ2v) is 9.20. The van der Waals surface area contributed by atoms with Crippen LogP contribution in [0.15, 0.2) is 32.8 Å². The van der Waals surface area contributed by atoms with Crippen LogP contribution in [0.1, 0.15) is 30.1 Å². The van der Waals surface area contributed by atoms with E-state index in [1.165, 1.54) is 11.8 Å². The van der Waals surface area contributed by atoms with Gasteiger partial charge < -0.3 is 9.40 Å². The number of thioether (sulfide) groups is 1. The van der Waals surface area contributed by atoms with Crippen molar-refractivity contribution in [3.05, 3.63) is 45.0 Å². The number of H-pyrrole nitrogens is 1. The summed E-state index contributed by atoms with van der Waals surface area (Å²) in [6.07, 6.45) is 1.63. The van der Waals surface area contributed by atoms with E-state index in [0.29, 0.717) is 34.5 Å². The fraction of sp³-hybridized carbons (Fsp3) is 0.368. The van der Waals surface area contributed by atoms with Gasteiger partial charge in [-0.1, -0.05) is 25.6 Å². The maximum atomic E-state index is 12.5. The van der Waals surface area contributed by atoms with Crippen LogP contribution in [0.4, 0.5) is 0 Å². The Labute approximate surface area is 170 Å². The summed E-state index contributed by atoms with van der Waals surface area (Å²) in [4.78, 5) is 21.9. The zero-order valence-electron chi connectivity index (χ0n) is 16.1. The van der Waals surface area contributed by atoms with Gasteiger partial charge in [0.25, 0.3) is 5.56 Å². The molecule has 0 fully saturated rings. The van der Waals surface area contributed by atoms with Gasteiger partial charge in [-0.2, -0.15) is 0 Å². The lowest BCUT2D eigenvalue weighted by Crippen LogP contribution is -2.11. The normalized spacial score (nSPS) is 11.8.